The van der Waals surface area contributed by atoms with E-state index in [1.807, 2.05) is 18.2 Å². The van der Waals surface area contributed by atoms with Gasteiger partial charge in [0.2, 0.25) is 5.95 Å². The molecule has 6 nitrogen and oxygen atoms in total. The van der Waals surface area contributed by atoms with E-state index >= 15 is 0 Å². The molecule has 0 aliphatic rings. The van der Waals surface area contributed by atoms with Crippen molar-refractivity contribution >= 4 is 27.9 Å². The molecule has 1 atom stereocenters. The highest BCUT2D eigenvalue weighted by Gasteiger charge is 2.36. The lowest BCUT2D eigenvalue weighted by molar-refractivity contribution is -0.138. The van der Waals surface area contributed by atoms with E-state index in [9.17, 15) is 13.2 Å². The molecule has 0 aliphatic carbocycles. The number of fused-ring (bicyclic) bond motifs is 2. The molecule has 2 N–H and O–H groups in total. The fraction of sp³-hybridized carbons (Fsp3) is 0.176. The lowest BCUT2D eigenvalue weighted by atomic mass is 10.0. The van der Waals surface area contributed by atoms with Gasteiger partial charge in [-0.25, -0.2) is 15.0 Å². The number of hydrogen-bond donors (Lipinski definition) is 2. The standard InChI is InChI=1S/C17H13F3N6/c1-9(17(18,19)20)25-16-23-7-13-12(6-22-15(13)26-16)10-2-3-14-11(4-10)5-21-8-24-14/h2-9H,1H3,(H2,22,23,25,26). The summed E-state index contributed by atoms with van der Waals surface area (Å²) in [6, 6.07) is 3.99. The van der Waals surface area contributed by atoms with Gasteiger partial charge in [0, 0.05) is 34.9 Å². The van der Waals surface area contributed by atoms with E-state index in [0.29, 0.717) is 11.0 Å². The Balaban J connectivity index is 1.71. The number of anilines is 1. The molecule has 3 heterocycles. The Morgan fingerprint density at radius 2 is 2.00 bits per heavy atom. The van der Waals surface area contributed by atoms with Crippen molar-refractivity contribution in [1.82, 2.24) is 24.9 Å². The van der Waals surface area contributed by atoms with Gasteiger partial charge in [-0.05, 0) is 24.6 Å². The zero-order chi connectivity index (χ0) is 18.3. The second-order valence-electron chi connectivity index (χ2n) is 5.86. The average molecular weight is 358 g/mol. The van der Waals surface area contributed by atoms with Crippen molar-refractivity contribution in [2.75, 3.05) is 5.32 Å². The molecule has 0 bridgehead atoms. The molecular weight excluding hydrogens is 345 g/mol. The number of nitrogens with one attached hydrogen (secondary N) is 2. The maximum absolute atomic E-state index is 12.7. The van der Waals surface area contributed by atoms with Crippen LogP contribution in [0.4, 0.5) is 19.1 Å². The molecule has 26 heavy (non-hydrogen) atoms. The SMILES string of the molecule is CC(Nc1ncc2c(-c3ccc4ncncc4c3)c[nH]c2n1)C(F)(F)F. The van der Waals surface area contributed by atoms with E-state index in [1.54, 1.807) is 12.4 Å². The molecule has 132 valence electrons. The van der Waals surface area contributed by atoms with E-state index in [4.69, 9.17) is 0 Å². The van der Waals surface area contributed by atoms with Crippen molar-refractivity contribution in [3.63, 3.8) is 0 Å². The van der Waals surface area contributed by atoms with Gasteiger partial charge in [-0.3, -0.25) is 0 Å². The van der Waals surface area contributed by atoms with Gasteiger partial charge in [-0.2, -0.15) is 18.2 Å². The highest BCUT2D eigenvalue weighted by Crippen LogP contribution is 2.30. The Labute approximate surface area is 145 Å². The Morgan fingerprint density at radius 3 is 2.81 bits per heavy atom. The van der Waals surface area contributed by atoms with Gasteiger partial charge in [0.15, 0.2) is 0 Å². The summed E-state index contributed by atoms with van der Waals surface area (Å²) in [4.78, 5) is 19.3. The van der Waals surface area contributed by atoms with Crippen molar-refractivity contribution in [2.45, 2.75) is 19.1 Å². The number of nitrogens with zero attached hydrogens (tertiary/aromatic N) is 4. The number of halogens is 3. The minimum atomic E-state index is -4.37. The van der Waals surface area contributed by atoms with E-state index in [2.05, 4.69) is 30.2 Å². The van der Waals surface area contributed by atoms with Crippen molar-refractivity contribution in [3.05, 3.63) is 43.1 Å². The summed E-state index contributed by atoms with van der Waals surface area (Å²) in [6.07, 6.45) is 2.09. The van der Waals surface area contributed by atoms with Gasteiger partial charge < -0.3 is 10.3 Å². The summed E-state index contributed by atoms with van der Waals surface area (Å²) in [5, 5.41) is 3.86. The van der Waals surface area contributed by atoms with Crippen LogP contribution >= 0.6 is 0 Å². The highest BCUT2D eigenvalue weighted by atomic mass is 19.4. The lowest BCUT2D eigenvalue weighted by Gasteiger charge is -2.16. The summed E-state index contributed by atoms with van der Waals surface area (Å²) in [5.41, 5.74) is 3.04. The first kappa shape index (κ1) is 16.2. The highest BCUT2D eigenvalue weighted by molar-refractivity contribution is 5.96. The molecule has 0 radical (unpaired) electrons. The number of alkyl halides is 3. The van der Waals surface area contributed by atoms with Crippen LogP contribution in [0.15, 0.2) is 43.1 Å². The van der Waals surface area contributed by atoms with Gasteiger partial charge in [-0.1, -0.05) is 6.07 Å². The molecule has 9 heteroatoms. The van der Waals surface area contributed by atoms with Crippen molar-refractivity contribution < 1.29 is 13.2 Å². The van der Waals surface area contributed by atoms with E-state index in [1.165, 1.54) is 12.5 Å². The second kappa shape index (κ2) is 5.94. The maximum Gasteiger partial charge on any atom is 0.408 e. The molecule has 0 spiro atoms. The molecule has 1 unspecified atom stereocenters. The average Bonchev–Trinajstić information content (AvgIpc) is 3.03. The third-order valence-corrected chi connectivity index (χ3v) is 4.08. The molecule has 0 amide bonds. The Bertz CT molecular complexity index is 1090. The van der Waals surface area contributed by atoms with Crippen molar-refractivity contribution in [1.29, 1.82) is 0 Å². The van der Waals surface area contributed by atoms with Gasteiger partial charge in [0.1, 0.15) is 18.0 Å². The van der Waals surface area contributed by atoms with E-state index in [0.717, 1.165) is 29.0 Å². The summed E-state index contributed by atoms with van der Waals surface area (Å²) in [6.45, 7) is 1.02. The number of rotatable bonds is 3. The number of aromatic nitrogens is 5. The molecule has 3 aromatic heterocycles. The van der Waals surface area contributed by atoms with Crippen molar-refractivity contribution in [3.8, 4) is 11.1 Å². The van der Waals surface area contributed by atoms with Gasteiger partial charge in [0.25, 0.3) is 0 Å². The normalized spacial score (nSPS) is 13.2. The Morgan fingerprint density at radius 1 is 1.15 bits per heavy atom. The monoisotopic (exact) mass is 358 g/mol. The summed E-state index contributed by atoms with van der Waals surface area (Å²) < 4.78 is 38.0. The number of H-pyrrole nitrogens is 1. The van der Waals surface area contributed by atoms with Crippen LogP contribution in [-0.4, -0.2) is 37.1 Å². The predicted molar refractivity (Wildman–Crippen MR) is 91.6 cm³/mol. The lowest BCUT2D eigenvalue weighted by Crippen LogP contribution is -2.33. The third kappa shape index (κ3) is 2.92. The van der Waals surface area contributed by atoms with Gasteiger partial charge >= 0.3 is 6.18 Å². The van der Waals surface area contributed by atoms with Crippen LogP contribution in [0.3, 0.4) is 0 Å². The summed E-state index contributed by atoms with van der Waals surface area (Å²) in [5.74, 6) is -0.0809. The second-order valence-corrected chi connectivity index (χ2v) is 5.86. The van der Waals surface area contributed by atoms with Crippen LogP contribution in [0, 0.1) is 0 Å². The first-order chi connectivity index (χ1) is 12.4. The molecular formula is C17H13F3N6. The maximum atomic E-state index is 12.7. The van der Waals surface area contributed by atoms with Crippen LogP contribution < -0.4 is 5.32 Å². The molecule has 1 aromatic carbocycles. The molecule has 0 fully saturated rings. The zero-order valence-electron chi connectivity index (χ0n) is 13.5. The molecule has 0 saturated carbocycles. The first-order valence-corrected chi connectivity index (χ1v) is 7.79. The topological polar surface area (TPSA) is 79.4 Å². The van der Waals surface area contributed by atoms with Crippen molar-refractivity contribution in [2.24, 2.45) is 0 Å². The van der Waals surface area contributed by atoms with Gasteiger partial charge in [0.05, 0.1) is 5.52 Å². The Kier molecular flexibility index (Phi) is 3.71. The minimum Gasteiger partial charge on any atom is -0.345 e. The minimum absolute atomic E-state index is 0.0809. The number of hydrogen-bond acceptors (Lipinski definition) is 5. The molecule has 0 saturated heterocycles. The predicted octanol–water partition coefficient (Wildman–Crippen LogP) is 3.93. The molecule has 4 aromatic rings. The van der Waals surface area contributed by atoms with E-state index < -0.39 is 12.2 Å². The van der Waals surface area contributed by atoms with Crippen LogP contribution in [0.1, 0.15) is 6.92 Å². The van der Waals surface area contributed by atoms with Crippen LogP contribution in [0.2, 0.25) is 0 Å². The quantitative estimate of drug-likeness (QED) is 0.580. The third-order valence-electron chi connectivity index (χ3n) is 4.08. The fourth-order valence-electron chi connectivity index (χ4n) is 2.64. The Hall–Kier alpha value is -3.23. The van der Waals surface area contributed by atoms with E-state index in [-0.39, 0.29) is 5.95 Å². The fourth-order valence-corrected chi connectivity index (χ4v) is 2.64. The number of benzene rings is 1. The first-order valence-electron chi connectivity index (χ1n) is 7.79. The summed E-state index contributed by atoms with van der Waals surface area (Å²) >= 11 is 0. The van der Waals surface area contributed by atoms with Crippen LogP contribution in [-0.2, 0) is 0 Å². The van der Waals surface area contributed by atoms with Gasteiger partial charge in [-0.15, -0.1) is 0 Å². The molecule has 0 aliphatic heterocycles. The molecule has 4 rings (SSSR count). The smallest absolute Gasteiger partial charge is 0.345 e. The van der Waals surface area contributed by atoms with Crippen LogP contribution in [0.5, 0.6) is 0 Å². The van der Waals surface area contributed by atoms with Crippen LogP contribution in [0.25, 0.3) is 33.1 Å². The largest absolute Gasteiger partial charge is 0.408 e. The number of aromatic amines is 1. The summed E-state index contributed by atoms with van der Waals surface area (Å²) in [7, 11) is 0. The zero-order valence-corrected chi connectivity index (χ0v) is 13.5.